The Hall–Kier alpha value is -3.57. The van der Waals surface area contributed by atoms with Crippen LogP contribution in [0, 0.1) is 6.92 Å². The van der Waals surface area contributed by atoms with E-state index in [2.05, 4.69) is 10.0 Å². The van der Waals surface area contributed by atoms with Crippen molar-refractivity contribution in [2.24, 2.45) is 0 Å². The molecule has 0 bridgehead atoms. The number of anilines is 3. The third kappa shape index (κ3) is 5.00. The van der Waals surface area contributed by atoms with Gasteiger partial charge in [-0.1, -0.05) is 30.3 Å². The van der Waals surface area contributed by atoms with Gasteiger partial charge in [-0.2, -0.15) is 0 Å². The van der Waals surface area contributed by atoms with E-state index in [1.54, 1.807) is 49.4 Å². The Bertz CT molecular complexity index is 1440. The van der Waals surface area contributed by atoms with E-state index in [4.69, 9.17) is 4.74 Å². The second-order valence-electron chi connectivity index (χ2n) is 7.80. The van der Waals surface area contributed by atoms with Crippen LogP contribution in [-0.4, -0.2) is 41.6 Å². The molecule has 2 N–H and O–H groups in total. The average molecular weight is 502 g/mol. The first-order chi connectivity index (χ1) is 16.0. The first-order valence-corrected chi connectivity index (χ1v) is 13.6. The molecule has 4 rings (SSSR count). The zero-order valence-corrected chi connectivity index (χ0v) is 20.1. The first-order valence-electron chi connectivity index (χ1n) is 10.3. The number of nitrogens with zero attached hydrogens (tertiary/aromatic N) is 1. The molecule has 0 unspecified atom stereocenters. The minimum atomic E-state index is -3.82. The Balaban J connectivity index is 1.48. The number of benzene rings is 3. The van der Waals surface area contributed by atoms with Crippen LogP contribution >= 0.6 is 0 Å². The molecule has 0 fully saturated rings. The Morgan fingerprint density at radius 2 is 1.59 bits per heavy atom. The molecule has 11 heteroatoms. The highest BCUT2D eigenvalue weighted by molar-refractivity contribution is 7.92. The number of hydrogen-bond acceptors (Lipinski definition) is 6. The largest absolute Gasteiger partial charge is 0.476 e. The van der Waals surface area contributed by atoms with Crippen LogP contribution < -0.4 is 19.1 Å². The highest BCUT2D eigenvalue weighted by atomic mass is 32.2. The van der Waals surface area contributed by atoms with Gasteiger partial charge in [-0.3, -0.25) is 13.8 Å². The molecule has 34 heavy (non-hydrogen) atoms. The van der Waals surface area contributed by atoms with Gasteiger partial charge in [0, 0.05) is 5.69 Å². The molecule has 1 atom stereocenters. The summed E-state index contributed by atoms with van der Waals surface area (Å²) in [6.45, 7) is 1.61. The summed E-state index contributed by atoms with van der Waals surface area (Å²) in [5.41, 5.74) is 1.97. The number of para-hydroxylation sites is 3. The van der Waals surface area contributed by atoms with Crippen molar-refractivity contribution in [1.29, 1.82) is 0 Å². The lowest BCUT2D eigenvalue weighted by Crippen LogP contribution is -2.48. The fraction of sp³-hybridized carbons (Fsp3) is 0.174. The number of aryl methyl sites for hydroxylation is 1. The van der Waals surface area contributed by atoms with Crippen LogP contribution in [0.1, 0.15) is 5.56 Å². The third-order valence-electron chi connectivity index (χ3n) is 5.25. The minimum Gasteiger partial charge on any atom is -0.476 e. The van der Waals surface area contributed by atoms with Crippen LogP contribution in [0.3, 0.4) is 0 Å². The number of sulfonamides is 2. The molecule has 0 aromatic heterocycles. The molecular weight excluding hydrogens is 478 g/mol. The van der Waals surface area contributed by atoms with Gasteiger partial charge in [0.05, 0.1) is 29.1 Å². The molecule has 1 heterocycles. The summed E-state index contributed by atoms with van der Waals surface area (Å²) in [4.78, 5) is 12.8. The van der Waals surface area contributed by atoms with E-state index in [1.165, 1.54) is 24.3 Å². The molecule has 9 nitrogen and oxygen atoms in total. The molecule has 1 aliphatic heterocycles. The van der Waals surface area contributed by atoms with Gasteiger partial charge >= 0.3 is 0 Å². The van der Waals surface area contributed by atoms with E-state index in [9.17, 15) is 21.6 Å². The highest BCUT2D eigenvalue weighted by Crippen LogP contribution is 2.34. The summed E-state index contributed by atoms with van der Waals surface area (Å²) in [7, 11) is -7.45. The monoisotopic (exact) mass is 501 g/mol. The summed E-state index contributed by atoms with van der Waals surface area (Å²) < 4.78 is 59.3. The standard InChI is InChI=1S/C23H23N3O6S2/c1-16-7-3-4-8-19(16)25-34(30,31)18-13-11-17(12-14-18)24-23(27)22-15-26(33(2,28)29)20-9-5-6-10-21(20)32-22/h3-14,22,25H,15H2,1-2H3,(H,24,27)/t22-/m0/s1. The van der Waals surface area contributed by atoms with Crippen molar-refractivity contribution in [2.45, 2.75) is 17.9 Å². The van der Waals surface area contributed by atoms with E-state index in [1.807, 2.05) is 6.07 Å². The van der Waals surface area contributed by atoms with E-state index < -0.39 is 32.1 Å². The van der Waals surface area contributed by atoms with Gasteiger partial charge in [0.25, 0.3) is 15.9 Å². The Labute approximate surface area is 198 Å². The number of nitrogens with one attached hydrogen (secondary N) is 2. The Morgan fingerprint density at radius 3 is 2.26 bits per heavy atom. The number of carbonyl (C=O) groups is 1. The van der Waals surface area contributed by atoms with Gasteiger partial charge in [-0.05, 0) is 55.0 Å². The molecule has 1 amide bonds. The molecule has 178 valence electrons. The topological polar surface area (TPSA) is 122 Å². The predicted octanol–water partition coefficient (Wildman–Crippen LogP) is 2.96. The highest BCUT2D eigenvalue weighted by Gasteiger charge is 2.34. The normalized spacial score (nSPS) is 15.7. The number of ether oxygens (including phenoxy) is 1. The summed E-state index contributed by atoms with van der Waals surface area (Å²) in [5, 5.41) is 2.65. The van der Waals surface area contributed by atoms with Gasteiger partial charge in [0.15, 0.2) is 6.10 Å². The molecular formula is C23H23N3O6S2. The van der Waals surface area contributed by atoms with E-state index >= 15 is 0 Å². The van der Waals surface area contributed by atoms with Crippen molar-refractivity contribution in [2.75, 3.05) is 27.1 Å². The first kappa shape index (κ1) is 23.6. The zero-order chi connectivity index (χ0) is 24.5. The minimum absolute atomic E-state index is 0.0276. The number of fused-ring (bicyclic) bond motifs is 1. The fourth-order valence-corrected chi connectivity index (χ4v) is 5.53. The summed E-state index contributed by atoms with van der Waals surface area (Å²) in [5.74, 6) is -0.278. The van der Waals surface area contributed by atoms with E-state index in [0.717, 1.165) is 16.1 Å². The van der Waals surface area contributed by atoms with Crippen LogP contribution in [0.25, 0.3) is 0 Å². The molecule has 1 aliphatic rings. The molecule has 0 radical (unpaired) electrons. The number of carbonyl (C=O) groups excluding carboxylic acids is 1. The predicted molar refractivity (Wildman–Crippen MR) is 130 cm³/mol. The van der Waals surface area contributed by atoms with Crippen molar-refractivity contribution >= 4 is 43.0 Å². The van der Waals surface area contributed by atoms with Crippen LogP contribution in [0.4, 0.5) is 17.1 Å². The maximum atomic E-state index is 12.8. The summed E-state index contributed by atoms with van der Waals surface area (Å²) >= 11 is 0. The second kappa shape index (κ2) is 8.99. The van der Waals surface area contributed by atoms with Gasteiger partial charge in [0.1, 0.15) is 5.75 Å². The SMILES string of the molecule is Cc1ccccc1NS(=O)(=O)c1ccc(NC(=O)[C@@H]2CN(S(C)(=O)=O)c3ccccc3O2)cc1. The maximum absolute atomic E-state index is 12.8. The third-order valence-corrected chi connectivity index (χ3v) is 7.78. The molecule has 0 spiro atoms. The van der Waals surface area contributed by atoms with Crippen LogP contribution in [0.15, 0.2) is 77.7 Å². The fourth-order valence-electron chi connectivity index (χ4n) is 3.48. The van der Waals surface area contributed by atoms with Crippen LogP contribution in [-0.2, 0) is 24.8 Å². The Morgan fingerprint density at radius 1 is 0.941 bits per heavy atom. The number of hydrogen-bond donors (Lipinski definition) is 2. The van der Waals surface area contributed by atoms with Crippen molar-refractivity contribution in [3.8, 4) is 5.75 Å². The van der Waals surface area contributed by atoms with Crippen molar-refractivity contribution in [3.05, 3.63) is 78.4 Å². The van der Waals surface area contributed by atoms with Gasteiger partial charge < -0.3 is 10.1 Å². The maximum Gasteiger partial charge on any atom is 0.267 e. The lowest BCUT2D eigenvalue weighted by Gasteiger charge is -2.33. The lowest BCUT2D eigenvalue weighted by atomic mass is 10.2. The number of rotatable bonds is 6. The lowest BCUT2D eigenvalue weighted by molar-refractivity contribution is -0.122. The molecule has 0 aliphatic carbocycles. The van der Waals surface area contributed by atoms with Crippen molar-refractivity contribution < 1.29 is 26.4 Å². The summed E-state index contributed by atoms with van der Waals surface area (Å²) in [6, 6.07) is 19.2. The van der Waals surface area contributed by atoms with Gasteiger partial charge in [0.2, 0.25) is 10.0 Å². The number of amides is 1. The van der Waals surface area contributed by atoms with Crippen LogP contribution in [0.5, 0.6) is 5.75 Å². The summed E-state index contributed by atoms with van der Waals surface area (Å²) in [6.07, 6.45) is -0.0236. The smallest absolute Gasteiger partial charge is 0.267 e. The zero-order valence-electron chi connectivity index (χ0n) is 18.4. The van der Waals surface area contributed by atoms with Gasteiger partial charge in [-0.15, -0.1) is 0 Å². The van der Waals surface area contributed by atoms with Crippen LogP contribution in [0.2, 0.25) is 0 Å². The molecule has 0 saturated carbocycles. The average Bonchev–Trinajstić information content (AvgIpc) is 2.79. The molecule has 0 saturated heterocycles. The van der Waals surface area contributed by atoms with E-state index in [0.29, 0.717) is 17.1 Å². The molecule has 3 aromatic rings. The second-order valence-corrected chi connectivity index (χ2v) is 11.4. The van der Waals surface area contributed by atoms with Crippen molar-refractivity contribution in [1.82, 2.24) is 0 Å². The van der Waals surface area contributed by atoms with Gasteiger partial charge in [-0.25, -0.2) is 16.8 Å². The van der Waals surface area contributed by atoms with E-state index in [-0.39, 0.29) is 17.2 Å². The quantitative estimate of drug-likeness (QED) is 0.536. The Kier molecular flexibility index (Phi) is 6.24. The van der Waals surface area contributed by atoms with Crippen molar-refractivity contribution in [3.63, 3.8) is 0 Å². The molecule has 3 aromatic carbocycles.